The van der Waals surface area contributed by atoms with Gasteiger partial charge in [-0.1, -0.05) is 12.1 Å². The third kappa shape index (κ3) is 2.72. The average Bonchev–Trinajstić information content (AvgIpc) is 3.15. The zero-order valence-electron chi connectivity index (χ0n) is 10.7. The van der Waals surface area contributed by atoms with Gasteiger partial charge in [0.15, 0.2) is 0 Å². The molecule has 2 rings (SSSR count). The molecule has 18 heavy (non-hydrogen) atoms. The van der Waals surface area contributed by atoms with Crippen molar-refractivity contribution < 1.29 is 9.00 Å². The van der Waals surface area contributed by atoms with Crippen molar-refractivity contribution in [1.29, 1.82) is 0 Å². The maximum atomic E-state index is 12.2. The maximum absolute atomic E-state index is 12.2. The number of nitrogens with two attached hydrogens (primary N) is 1. The van der Waals surface area contributed by atoms with Crippen molar-refractivity contribution >= 4 is 22.4 Å². The molecule has 1 atom stereocenters. The minimum absolute atomic E-state index is 0.0145. The number of nitrogens with zero attached hydrogens (tertiary/aromatic N) is 1. The number of rotatable bonds is 4. The summed E-state index contributed by atoms with van der Waals surface area (Å²) in [5, 5.41) is 0. The molecule has 0 aliphatic heterocycles. The van der Waals surface area contributed by atoms with Crippen molar-refractivity contribution in [2.75, 3.05) is 18.5 Å². The Balaban J connectivity index is 2.07. The van der Waals surface area contributed by atoms with Gasteiger partial charge in [-0.2, -0.15) is 0 Å². The van der Waals surface area contributed by atoms with Crippen LogP contribution in [0.2, 0.25) is 0 Å². The summed E-state index contributed by atoms with van der Waals surface area (Å²) in [6.45, 7) is 1.87. The number of para-hydroxylation sites is 1. The predicted molar refractivity (Wildman–Crippen MR) is 72.7 cm³/mol. The number of hydrogen-bond acceptors (Lipinski definition) is 3. The molecule has 0 radical (unpaired) electrons. The van der Waals surface area contributed by atoms with Gasteiger partial charge < -0.3 is 10.6 Å². The number of amides is 1. The normalized spacial score (nSPS) is 16.3. The van der Waals surface area contributed by atoms with Crippen LogP contribution >= 0.6 is 0 Å². The van der Waals surface area contributed by atoms with Crippen molar-refractivity contribution in [3.8, 4) is 0 Å². The van der Waals surface area contributed by atoms with Gasteiger partial charge in [-0.05, 0) is 31.4 Å². The van der Waals surface area contributed by atoms with E-state index in [9.17, 15) is 9.00 Å². The Labute approximate surface area is 110 Å². The van der Waals surface area contributed by atoms with Crippen LogP contribution < -0.4 is 5.73 Å². The Kier molecular flexibility index (Phi) is 3.71. The molecule has 1 fully saturated rings. The largest absolute Gasteiger partial charge is 0.398 e. The third-order valence-electron chi connectivity index (χ3n) is 3.27. The first-order valence-electron chi connectivity index (χ1n) is 6.00. The van der Waals surface area contributed by atoms with Gasteiger partial charge in [0.25, 0.3) is 0 Å². The molecule has 1 amide bonds. The molecule has 1 aliphatic carbocycles. The summed E-state index contributed by atoms with van der Waals surface area (Å²) < 4.78 is 12.2. The first kappa shape index (κ1) is 13.1. The smallest absolute Gasteiger partial charge is 0.235 e. The summed E-state index contributed by atoms with van der Waals surface area (Å²) in [6, 6.07) is 5.76. The lowest BCUT2D eigenvalue weighted by molar-refractivity contribution is -0.127. The van der Waals surface area contributed by atoms with E-state index in [1.807, 2.05) is 19.1 Å². The second kappa shape index (κ2) is 5.10. The van der Waals surface area contributed by atoms with E-state index in [1.165, 1.54) is 0 Å². The van der Waals surface area contributed by atoms with Crippen molar-refractivity contribution in [2.45, 2.75) is 30.7 Å². The van der Waals surface area contributed by atoms with Crippen LogP contribution in [-0.2, 0) is 15.6 Å². The second-order valence-corrected chi connectivity index (χ2v) is 6.13. The molecule has 2 N–H and O–H groups in total. The molecule has 0 spiro atoms. The Morgan fingerprint density at radius 2 is 2.17 bits per heavy atom. The molecular formula is C13H18N2O2S. The zero-order chi connectivity index (χ0) is 13.3. The molecule has 0 aromatic heterocycles. The van der Waals surface area contributed by atoms with E-state index in [4.69, 9.17) is 5.73 Å². The van der Waals surface area contributed by atoms with Crippen LogP contribution in [0.5, 0.6) is 0 Å². The molecule has 1 aliphatic rings. The van der Waals surface area contributed by atoms with Crippen molar-refractivity contribution in [3.05, 3.63) is 23.8 Å². The number of nitrogen functional groups attached to an aromatic ring is 1. The monoisotopic (exact) mass is 266 g/mol. The minimum atomic E-state index is -1.36. The SMILES string of the molecule is Cc1cccc(S(=O)CC(=O)N(C)C2CC2)c1N. The predicted octanol–water partition coefficient (Wildman–Crippen LogP) is 1.31. The quantitative estimate of drug-likeness (QED) is 0.836. The molecule has 1 aromatic carbocycles. The molecule has 1 saturated carbocycles. The molecule has 4 nitrogen and oxygen atoms in total. The molecule has 1 unspecified atom stereocenters. The highest BCUT2D eigenvalue weighted by atomic mass is 32.2. The van der Waals surface area contributed by atoms with E-state index < -0.39 is 10.8 Å². The Hall–Kier alpha value is -1.36. The summed E-state index contributed by atoms with van der Waals surface area (Å²) in [6.07, 6.45) is 2.11. The van der Waals surface area contributed by atoms with E-state index in [2.05, 4.69) is 0 Å². The number of hydrogen-bond donors (Lipinski definition) is 1. The fourth-order valence-electron chi connectivity index (χ4n) is 1.81. The van der Waals surface area contributed by atoms with E-state index in [1.54, 1.807) is 18.0 Å². The van der Waals surface area contributed by atoms with Crippen LogP contribution in [0, 0.1) is 6.92 Å². The first-order valence-corrected chi connectivity index (χ1v) is 7.31. The van der Waals surface area contributed by atoms with Gasteiger partial charge in [-0.15, -0.1) is 0 Å². The van der Waals surface area contributed by atoms with Gasteiger partial charge in [0.1, 0.15) is 5.75 Å². The molecule has 1 aromatic rings. The summed E-state index contributed by atoms with van der Waals surface area (Å²) in [5.41, 5.74) is 7.31. The number of benzene rings is 1. The van der Waals surface area contributed by atoms with Crippen LogP contribution in [0.25, 0.3) is 0 Å². The van der Waals surface area contributed by atoms with E-state index >= 15 is 0 Å². The molecular weight excluding hydrogens is 248 g/mol. The molecule has 0 saturated heterocycles. The van der Waals surface area contributed by atoms with Crippen LogP contribution in [0.3, 0.4) is 0 Å². The van der Waals surface area contributed by atoms with E-state index in [0.29, 0.717) is 16.6 Å². The van der Waals surface area contributed by atoms with Crippen molar-refractivity contribution in [2.24, 2.45) is 0 Å². The van der Waals surface area contributed by atoms with Gasteiger partial charge in [0.05, 0.1) is 21.4 Å². The number of carbonyl (C=O) groups excluding carboxylic acids is 1. The topological polar surface area (TPSA) is 63.4 Å². The lowest BCUT2D eigenvalue weighted by atomic mass is 10.2. The van der Waals surface area contributed by atoms with Gasteiger partial charge in [0, 0.05) is 13.1 Å². The van der Waals surface area contributed by atoms with Crippen molar-refractivity contribution in [3.63, 3.8) is 0 Å². The van der Waals surface area contributed by atoms with Crippen LogP contribution in [0.15, 0.2) is 23.1 Å². The van der Waals surface area contributed by atoms with E-state index in [0.717, 1.165) is 18.4 Å². The summed E-state index contributed by atoms with van der Waals surface area (Å²) in [7, 11) is 0.414. The first-order chi connectivity index (χ1) is 8.50. The third-order valence-corrected chi connectivity index (χ3v) is 4.63. The highest BCUT2D eigenvalue weighted by Gasteiger charge is 2.30. The standard InChI is InChI=1S/C13H18N2O2S/c1-9-4-3-5-11(13(9)14)18(17)8-12(16)15(2)10-6-7-10/h3-5,10H,6-8,14H2,1-2H3. The number of aryl methyl sites for hydroxylation is 1. The average molecular weight is 266 g/mol. The molecule has 0 heterocycles. The lowest BCUT2D eigenvalue weighted by Gasteiger charge is -2.16. The minimum Gasteiger partial charge on any atom is -0.398 e. The van der Waals surface area contributed by atoms with E-state index in [-0.39, 0.29) is 11.7 Å². The summed E-state index contributed by atoms with van der Waals surface area (Å²) in [4.78, 5) is 14.2. The van der Waals surface area contributed by atoms with Crippen LogP contribution in [0.4, 0.5) is 5.69 Å². The van der Waals surface area contributed by atoms with Crippen molar-refractivity contribution in [1.82, 2.24) is 4.90 Å². The van der Waals surface area contributed by atoms with Gasteiger partial charge >= 0.3 is 0 Å². The van der Waals surface area contributed by atoms with Crippen LogP contribution in [-0.4, -0.2) is 33.9 Å². The fraction of sp³-hybridized carbons (Fsp3) is 0.462. The van der Waals surface area contributed by atoms with Gasteiger partial charge in [-0.3, -0.25) is 9.00 Å². The molecule has 98 valence electrons. The maximum Gasteiger partial charge on any atom is 0.235 e. The summed E-state index contributed by atoms with van der Waals surface area (Å²) in [5.74, 6) is -0.0579. The van der Waals surface area contributed by atoms with Gasteiger partial charge in [0.2, 0.25) is 5.91 Å². The Bertz CT molecular complexity index is 498. The van der Waals surface area contributed by atoms with Crippen LogP contribution in [0.1, 0.15) is 18.4 Å². The number of carbonyl (C=O) groups is 1. The zero-order valence-corrected chi connectivity index (χ0v) is 11.5. The highest BCUT2D eigenvalue weighted by molar-refractivity contribution is 7.86. The molecule has 0 bridgehead atoms. The Morgan fingerprint density at radius 3 is 2.78 bits per heavy atom. The lowest BCUT2D eigenvalue weighted by Crippen LogP contribution is -2.32. The van der Waals surface area contributed by atoms with Gasteiger partial charge in [-0.25, -0.2) is 0 Å². The number of anilines is 1. The summed E-state index contributed by atoms with van der Waals surface area (Å²) >= 11 is 0. The second-order valence-electron chi connectivity index (χ2n) is 4.71. The fourth-order valence-corrected chi connectivity index (χ4v) is 3.03. The molecule has 5 heteroatoms. The highest BCUT2D eigenvalue weighted by Crippen LogP contribution is 2.26. The Morgan fingerprint density at radius 1 is 1.50 bits per heavy atom.